The minimum absolute atomic E-state index is 0.0222. The molecule has 2 N–H and O–H groups in total. The Bertz CT molecular complexity index is 836. The zero-order valence-electron chi connectivity index (χ0n) is 18.2. The Morgan fingerprint density at radius 2 is 1.77 bits per heavy atom. The van der Waals surface area contributed by atoms with Crippen LogP contribution >= 0.6 is 0 Å². The van der Waals surface area contributed by atoms with E-state index in [0.717, 1.165) is 49.6 Å². The number of nitrogens with one attached hydrogen (secondary N) is 2. The van der Waals surface area contributed by atoms with Crippen LogP contribution in [-0.2, 0) is 16.1 Å². The van der Waals surface area contributed by atoms with Gasteiger partial charge in [0.1, 0.15) is 5.75 Å². The van der Waals surface area contributed by atoms with Crippen LogP contribution in [0.5, 0.6) is 5.75 Å². The number of nitrogens with zero attached hydrogens (tertiary/aromatic N) is 3. The average molecular weight is 426 g/mol. The van der Waals surface area contributed by atoms with Gasteiger partial charge < -0.3 is 20.3 Å². The number of rotatable bonds is 8. The predicted molar refractivity (Wildman–Crippen MR) is 119 cm³/mol. The second-order valence-electron chi connectivity index (χ2n) is 7.51. The summed E-state index contributed by atoms with van der Waals surface area (Å²) in [5.41, 5.74) is 1.93. The highest BCUT2D eigenvalue weighted by Gasteiger charge is 2.26. The molecule has 8 heteroatoms. The molecule has 1 aliphatic heterocycles. The standard InChI is InChI=1S/C23H31N5O3/c1-3-27-11-13-28(14-12-27)21(19-5-4-10-24-16-19)17-26-23(30)22(29)25-15-18-6-8-20(31-2)9-7-18/h4-10,16,21H,3,11-15,17H2,1-2H3,(H,25,29)(H,26,30). The Hall–Kier alpha value is -2.97. The highest BCUT2D eigenvalue weighted by atomic mass is 16.5. The highest BCUT2D eigenvalue weighted by Crippen LogP contribution is 2.21. The van der Waals surface area contributed by atoms with Crippen molar-refractivity contribution in [3.8, 4) is 5.75 Å². The summed E-state index contributed by atoms with van der Waals surface area (Å²) in [5.74, 6) is -0.528. The molecule has 0 bridgehead atoms. The number of amides is 2. The van der Waals surface area contributed by atoms with Gasteiger partial charge in [0.15, 0.2) is 0 Å². The third-order valence-electron chi connectivity index (χ3n) is 5.64. The van der Waals surface area contributed by atoms with E-state index in [2.05, 4.69) is 32.3 Å². The molecule has 1 aromatic heterocycles. The van der Waals surface area contributed by atoms with Crippen molar-refractivity contribution in [1.29, 1.82) is 0 Å². The van der Waals surface area contributed by atoms with E-state index in [1.807, 2.05) is 42.6 Å². The lowest BCUT2D eigenvalue weighted by Gasteiger charge is -2.39. The van der Waals surface area contributed by atoms with Gasteiger partial charge in [-0.25, -0.2) is 0 Å². The molecule has 1 aromatic carbocycles. The molecule has 0 radical (unpaired) electrons. The fraction of sp³-hybridized carbons (Fsp3) is 0.435. The van der Waals surface area contributed by atoms with E-state index in [4.69, 9.17) is 4.74 Å². The lowest BCUT2D eigenvalue weighted by atomic mass is 10.1. The maximum absolute atomic E-state index is 12.4. The molecule has 0 spiro atoms. The van der Waals surface area contributed by atoms with Crippen LogP contribution in [0, 0.1) is 0 Å². The number of methoxy groups -OCH3 is 1. The van der Waals surface area contributed by atoms with Crippen molar-refractivity contribution >= 4 is 11.8 Å². The van der Waals surface area contributed by atoms with Gasteiger partial charge in [-0.05, 0) is 35.9 Å². The highest BCUT2D eigenvalue weighted by molar-refractivity contribution is 6.35. The molecule has 1 atom stereocenters. The summed E-state index contributed by atoms with van der Waals surface area (Å²) in [7, 11) is 1.60. The van der Waals surface area contributed by atoms with E-state index in [9.17, 15) is 9.59 Å². The molecule has 8 nitrogen and oxygen atoms in total. The summed E-state index contributed by atoms with van der Waals surface area (Å²) in [5, 5.41) is 5.47. The normalized spacial score (nSPS) is 15.8. The molecular weight excluding hydrogens is 394 g/mol. The number of carbonyl (C=O) groups excluding carboxylic acids is 2. The van der Waals surface area contributed by atoms with E-state index in [1.54, 1.807) is 13.3 Å². The molecule has 0 saturated carbocycles. The SMILES string of the molecule is CCN1CCN(C(CNC(=O)C(=O)NCc2ccc(OC)cc2)c2cccnc2)CC1. The summed E-state index contributed by atoms with van der Waals surface area (Å²) in [6.45, 7) is 7.64. The van der Waals surface area contributed by atoms with Crippen LogP contribution in [0.3, 0.4) is 0 Å². The maximum Gasteiger partial charge on any atom is 0.309 e. The van der Waals surface area contributed by atoms with Gasteiger partial charge in [0.25, 0.3) is 0 Å². The number of carbonyl (C=O) groups is 2. The Kier molecular flexibility index (Phi) is 8.37. The summed E-state index contributed by atoms with van der Waals surface area (Å²) in [6.07, 6.45) is 3.56. The van der Waals surface area contributed by atoms with Gasteiger partial charge in [0, 0.05) is 51.7 Å². The van der Waals surface area contributed by atoms with Crippen molar-refractivity contribution in [1.82, 2.24) is 25.4 Å². The molecule has 0 aliphatic carbocycles. The molecule has 1 saturated heterocycles. The van der Waals surface area contributed by atoms with E-state index < -0.39 is 11.8 Å². The van der Waals surface area contributed by atoms with Crippen molar-refractivity contribution in [2.24, 2.45) is 0 Å². The van der Waals surface area contributed by atoms with Crippen LogP contribution < -0.4 is 15.4 Å². The molecule has 31 heavy (non-hydrogen) atoms. The van der Waals surface area contributed by atoms with Gasteiger partial charge >= 0.3 is 11.8 Å². The van der Waals surface area contributed by atoms with Crippen LogP contribution in [0.2, 0.25) is 0 Å². The number of benzene rings is 1. The van der Waals surface area contributed by atoms with E-state index in [1.165, 1.54) is 0 Å². The van der Waals surface area contributed by atoms with Crippen molar-refractivity contribution < 1.29 is 14.3 Å². The number of piperazine rings is 1. The number of likely N-dealkylation sites (N-methyl/N-ethyl adjacent to an activating group) is 1. The average Bonchev–Trinajstić information content (AvgIpc) is 2.83. The first-order valence-electron chi connectivity index (χ1n) is 10.7. The van der Waals surface area contributed by atoms with Crippen molar-refractivity contribution in [2.75, 3.05) is 46.4 Å². The first kappa shape index (κ1) is 22.7. The van der Waals surface area contributed by atoms with Crippen LogP contribution in [0.25, 0.3) is 0 Å². The Balaban J connectivity index is 1.54. The summed E-state index contributed by atoms with van der Waals surface area (Å²) >= 11 is 0. The second-order valence-corrected chi connectivity index (χ2v) is 7.51. The van der Waals surface area contributed by atoms with Crippen molar-refractivity contribution in [3.63, 3.8) is 0 Å². The summed E-state index contributed by atoms with van der Waals surface area (Å²) in [4.78, 5) is 33.6. The monoisotopic (exact) mass is 425 g/mol. The molecule has 1 fully saturated rings. The molecule has 2 amide bonds. The third-order valence-corrected chi connectivity index (χ3v) is 5.64. The van der Waals surface area contributed by atoms with Gasteiger partial charge in [-0.1, -0.05) is 25.1 Å². The fourth-order valence-corrected chi connectivity index (χ4v) is 3.70. The number of hydrogen-bond acceptors (Lipinski definition) is 6. The first-order valence-corrected chi connectivity index (χ1v) is 10.7. The predicted octanol–water partition coefficient (Wildman–Crippen LogP) is 1.20. The van der Waals surface area contributed by atoms with Crippen molar-refractivity contribution in [2.45, 2.75) is 19.5 Å². The summed E-state index contributed by atoms with van der Waals surface area (Å²) < 4.78 is 5.12. The van der Waals surface area contributed by atoms with Crippen molar-refractivity contribution in [3.05, 3.63) is 59.9 Å². The lowest BCUT2D eigenvalue weighted by Crippen LogP contribution is -2.50. The topological polar surface area (TPSA) is 86.8 Å². The third kappa shape index (κ3) is 6.50. The summed E-state index contributed by atoms with van der Waals surface area (Å²) in [6, 6.07) is 11.2. The van der Waals surface area contributed by atoms with Gasteiger partial charge in [-0.15, -0.1) is 0 Å². The van der Waals surface area contributed by atoms with Gasteiger partial charge in [0.05, 0.1) is 13.2 Å². The van der Waals surface area contributed by atoms with Crippen LogP contribution in [0.4, 0.5) is 0 Å². The molecule has 2 aromatic rings. The zero-order chi connectivity index (χ0) is 22.1. The Morgan fingerprint density at radius 3 is 2.39 bits per heavy atom. The minimum Gasteiger partial charge on any atom is -0.497 e. The maximum atomic E-state index is 12.4. The van der Waals surface area contributed by atoms with E-state index in [-0.39, 0.29) is 12.6 Å². The lowest BCUT2D eigenvalue weighted by molar-refractivity contribution is -0.139. The van der Waals surface area contributed by atoms with Crippen LogP contribution in [0.1, 0.15) is 24.1 Å². The molecule has 1 aliphatic rings. The smallest absolute Gasteiger partial charge is 0.309 e. The number of hydrogen-bond donors (Lipinski definition) is 2. The fourth-order valence-electron chi connectivity index (χ4n) is 3.70. The molecule has 1 unspecified atom stereocenters. The van der Waals surface area contributed by atoms with Crippen LogP contribution in [0.15, 0.2) is 48.8 Å². The molecule has 3 rings (SSSR count). The molecule has 2 heterocycles. The van der Waals surface area contributed by atoms with E-state index >= 15 is 0 Å². The number of ether oxygens (including phenoxy) is 1. The first-order chi connectivity index (χ1) is 15.1. The number of pyridine rings is 1. The van der Waals surface area contributed by atoms with E-state index in [0.29, 0.717) is 6.54 Å². The molecule has 166 valence electrons. The number of aromatic nitrogens is 1. The zero-order valence-corrected chi connectivity index (χ0v) is 18.2. The Labute approximate surface area is 183 Å². The largest absolute Gasteiger partial charge is 0.497 e. The quantitative estimate of drug-likeness (QED) is 0.618. The molecular formula is C23H31N5O3. The van der Waals surface area contributed by atoms with Crippen LogP contribution in [-0.4, -0.2) is 73.0 Å². The Morgan fingerprint density at radius 1 is 1.06 bits per heavy atom. The van der Waals surface area contributed by atoms with Gasteiger partial charge in [-0.2, -0.15) is 0 Å². The minimum atomic E-state index is -0.642. The van der Waals surface area contributed by atoms with Gasteiger partial charge in [0.2, 0.25) is 0 Å². The second kappa shape index (κ2) is 11.4. The van der Waals surface area contributed by atoms with Gasteiger partial charge in [-0.3, -0.25) is 19.5 Å².